The van der Waals surface area contributed by atoms with Gasteiger partial charge in [0.2, 0.25) is 0 Å². The molecule has 0 radical (unpaired) electrons. The van der Waals surface area contributed by atoms with E-state index in [0.29, 0.717) is 11.6 Å². The van der Waals surface area contributed by atoms with Crippen molar-refractivity contribution in [2.75, 3.05) is 6.54 Å². The van der Waals surface area contributed by atoms with Gasteiger partial charge in [0, 0.05) is 17.1 Å². The highest BCUT2D eigenvalue weighted by molar-refractivity contribution is 9.10. The van der Waals surface area contributed by atoms with Gasteiger partial charge in [-0.25, -0.2) is 4.79 Å². The number of carbonyl (C=O) groups is 1. The Morgan fingerprint density at radius 3 is 2.79 bits per heavy atom. The first-order chi connectivity index (χ1) is 11.6. The topological polar surface area (TPSA) is 40.5 Å². The molecule has 0 spiro atoms. The Bertz CT molecular complexity index is 716. The van der Waals surface area contributed by atoms with Crippen molar-refractivity contribution in [3.8, 4) is 0 Å². The van der Waals surface area contributed by atoms with Gasteiger partial charge < -0.3 is 5.11 Å². The van der Waals surface area contributed by atoms with Crippen LogP contribution in [0.25, 0.3) is 0 Å². The first-order valence-electron chi connectivity index (χ1n) is 8.43. The lowest BCUT2D eigenvalue weighted by Crippen LogP contribution is -2.40. The minimum Gasteiger partial charge on any atom is -0.478 e. The summed E-state index contributed by atoms with van der Waals surface area (Å²) >= 11 is 3.65. The van der Waals surface area contributed by atoms with Crippen LogP contribution in [0.4, 0.5) is 0 Å². The van der Waals surface area contributed by atoms with Crippen LogP contribution in [0.15, 0.2) is 53.0 Å². The number of hydrogen-bond acceptors (Lipinski definition) is 2. The maximum atomic E-state index is 11.2. The molecule has 1 saturated heterocycles. The van der Waals surface area contributed by atoms with E-state index in [1.165, 1.54) is 29.3 Å². The van der Waals surface area contributed by atoms with E-state index in [4.69, 9.17) is 0 Å². The largest absolute Gasteiger partial charge is 0.478 e. The van der Waals surface area contributed by atoms with E-state index in [0.717, 1.165) is 25.1 Å². The van der Waals surface area contributed by atoms with Crippen molar-refractivity contribution < 1.29 is 9.90 Å². The molecule has 1 fully saturated rings. The fraction of sp³-hybridized carbons (Fsp3) is 0.350. The third kappa shape index (κ3) is 4.25. The van der Waals surface area contributed by atoms with Gasteiger partial charge in [-0.2, -0.15) is 0 Å². The zero-order chi connectivity index (χ0) is 16.9. The maximum absolute atomic E-state index is 11.2. The van der Waals surface area contributed by atoms with Gasteiger partial charge in [0.25, 0.3) is 0 Å². The smallest absolute Gasteiger partial charge is 0.335 e. The highest BCUT2D eigenvalue weighted by Crippen LogP contribution is 2.26. The molecule has 0 amide bonds. The number of rotatable bonds is 5. The SMILES string of the molecule is O=C(O)c1cccc(CN2CCCCC2Cc2ccccc2Br)c1. The molecule has 1 atom stereocenters. The molecular weight excluding hydrogens is 366 g/mol. The Labute approximate surface area is 151 Å². The van der Waals surface area contributed by atoms with Gasteiger partial charge in [-0.1, -0.05) is 52.7 Å². The maximum Gasteiger partial charge on any atom is 0.335 e. The predicted molar refractivity (Wildman–Crippen MR) is 99.3 cm³/mol. The molecule has 1 unspecified atom stereocenters. The van der Waals surface area contributed by atoms with E-state index >= 15 is 0 Å². The fourth-order valence-corrected chi connectivity index (χ4v) is 3.90. The molecular formula is C20H22BrNO2. The minimum absolute atomic E-state index is 0.367. The summed E-state index contributed by atoms with van der Waals surface area (Å²) in [4.78, 5) is 13.7. The number of nitrogens with zero attached hydrogens (tertiary/aromatic N) is 1. The molecule has 0 saturated carbocycles. The van der Waals surface area contributed by atoms with E-state index in [9.17, 15) is 9.90 Å². The van der Waals surface area contributed by atoms with Crippen LogP contribution in [-0.2, 0) is 13.0 Å². The first-order valence-corrected chi connectivity index (χ1v) is 9.22. The van der Waals surface area contributed by atoms with Crippen molar-refractivity contribution in [2.24, 2.45) is 0 Å². The number of piperidine rings is 1. The lowest BCUT2D eigenvalue weighted by Gasteiger charge is -2.36. The molecule has 3 nitrogen and oxygen atoms in total. The predicted octanol–water partition coefficient (Wildman–Crippen LogP) is 4.74. The van der Waals surface area contributed by atoms with Crippen LogP contribution < -0.4 is 0 Å². The van der Waals surface area contributed by atoms with Gasteiger partial charge >= 0.3 is 5.97 Å². The van der Waals surface area contributed by atoms with Crippen LogP contribution in [0.5, 0.6) is 0 Å². The summed E-state index contributed by atoms with van der Waals surface area (Å²) in [6.07, 6.45) is 4.70. The number of aromatic carboxylic acids is 1. The fourth-order valence-electron chi connectivity index (χ4n) is 3.45. The molecule has 24 heavy (non-hydrogen) atoms. The van der Waals surface area contributed by atoms with Gasteiger partial charge in [-0.15, -0.1) is 0 Å². The third-order valence-electron chi connectivity index (χ3n) is 4.72. The van der Waals surface area contributed by atoms with Crippen molar-refractivity contribution in [1.29, 1.82) is 0 Å². The average Bonchev–Trinajstić information content (AvgIpc) is 2.59. The van der Waals surface area contributed by atoms with E-state index in [-0.39, 0.29) is 0 Å². The standard InChI is InChI=1S/C20H22BrNO2/c21-19-10-2-1-7-16(19)13-18-9-3-4-11-22(18)14-15-6-5-8-17(12-15)20(23)24/h1-2,5-8,10,12,18H,3-4,9,11,13-14H2,(H,23,24). The molecule has 2 aromatic carbocycles. The van der Waals surface area contributed by atoms with Crippen LogP contribution in [0.2, 0.25) is 0 Å². The number of likely N-dealkylation sites (tertiary alicyclic amines) is 1. The highest BCUT2D eigenvalue weighted by Gasteiger charge is 2.23. The van der Waals surface area contributed by atoms with Crippen LogP contribution in [-0.4, -0.2) is 28.6 Å². The Morgan fingerprint density at radius 1 is 1.17 bits per heavy atom. The van der Waals surface area contributed by atoms with Crippen molar-refractivity contribution in [3.63, 3.8) is 0 Å². The Balaban J connectivity index is 1.74. The van der Waals surface area contributed by atoms with Gasteiger partial charge in [-0.3, -0.25) is 4.90 Å². The summed E-state index contributed by atoms with van der Waals surface area (Å²) in [5.74, 6) is -0.861. The van der Waals surface area contributed by atoms with Crippen molar-refractivity contribution in [2.45, 2.75) is 38.3 Å². The van der Waals surface area contributed by atoms with E-state index < -0.39 is 5.97 Å². The van der Waals surface area contributed by atoms with Crippen molar-refractivity contribution in [1.82, 2.24) is 4.90 Å². The third-order valence-corrected chi connectivity index (χ3v) is 5.50. The number of carboxylic acid groups (broad SMARTS) is 1. The molecule has 1 heterocycles. The highest BCUT2D eigenvalue weighted by atomic mass is 79.9. The molecule has 126 valence electrons. The lowest BCUT2D eigenvalue weighted by atomic mass is 9.95. The van der Waals surface area contributed by atoms with E-state index in [2.05, 4.69) is 39.0 Å². The van der Waals surface area contributed by atoms with E-state index in [1.807, 2.05) is 18.2 Å². The normalized spacial score (nSPS) is 18.5. The summed E-state index contributed by atoms with van der Waals surface area (Å²) in [6.45, 7) is 1.89. The Hall–Kier alpha value is -1.65. The van der Waals surface area contributed by atoms with Gasteiger partial charge in [-0.05, 0) is 55.1 Å². The number of carboxylic acids is 1. The summed E-state index contributed by atoms with van der Waals surface area (Å²) < 4.78 is 1.17. The molecule has 0 bridgehead atoms. The first kappa shape index (κ1) is 17.2. The minimum atomic E-state index is -0.861. The van der Waals surface area contributed by atoms with Crippen LogP contribution in [0.1, 0.15) is 40.7 Å². The van der Waals surface area contributed by atoms with Gasteiger partial charge in [0.15, 0.2) is 0 Å². The number of hydrogen-bond donors (Lipinski definition) is 1. The lowest BCUT2D eigenvalue weighted by molar-refractivity contribution is 0.0696. The molecule has 4 heteroatoms. The van der Waals surface area contributed by atoms with Crippen molar-refractivity contribution in [3.05, 3.63) is 69.7 Å². The number of halogens is 1. The van der Waals surface area contributed by atoms with Gasteiger partial charge in [0.1, 0.15) is 0 Å². The Kier molecular flexibility index (Phi) is 5.69. The molecule has 2 aromatic rings. The zero-order valence-corrected chi connectivity index (χ0v) is 15.2. The molecule has 0 aliphatic carbocycles. The van der Waals surface area contributed by atoms with Crippen LogP contribution in [0, 0.1) is 0 Å². The molecule has 3 rings (SSSR count). The quantitative estimate of drug-likeness (QED) is 0.804. The second kappa shape index (κ2) is 7.95. The molecule has 0 aromatic heterocycles. The zero-order valence-electron chi connectivity index (χ0n) is 13.6. The molecule has 1 aliphatic rings. The second-order valence-electron chi connectivity index (χ2n) is 6.42. The Morgan fingerprint density at radius 2 is 2.00 bits per heavy atom. The monoisotopic (exact) mass is 387 g/mol. The molecule has 1 aliphatic heterocycles. The van der Waals surface area contributed by atoms with Crippen LogP contribution in [0.3, 0.4) is 0 Å². The van der Waals surface area contributed by atoms with Gasteiger partial charge in [0.05, 0.1) is 5.56 Å². The average molecular weight is 388 g/mol. The van der Waals surface area contributed by atoms with Crippen LogP contribution >= 0.6 is 15.9 Å². The summed E-state index contributed by atoms with van der Waals surface area (Å²) in [6, 6.07) is 16.2. The summed E-state index contributed by atoms with van der Waals surface area (Å²) in [5.41, 5.74) is 2.79. The summed E-state index contributed by atoms with van der Waals surface area (Å²) in [5, 5.41) is 9.17. The summed E-state index contributed by atoms with van der Waals surface area (Å²) in [7, 11) is 0. The van der Waals surface area contributed by atoms with Crippen molar-refractivity contribution >= 4 is 21.9 Å². The second-order valence-corrected chi connectivity index (χ2v) is 7.28. The molecule has 1 N–H and O–H groups in total. The van der Waals surface area contributed by atoms with E-state index in [1.54, 1.807) is 12.1 Å². The number of benzene rings is 2.